The number of nitrogens with two attached hydrogens (primary N) is 1. The van der Waals surface area contributed by atoms with Crippen molar-refractivity contribution in [1.82, 2.24) is 0 Å². The van der Waals surface area contributed by atoms with Gasteiger partial charge in [0.1, 0.15) is 6.61 Å². The van der Waals surface area contributed by atoms with Gasteiger partial charge in [-0.2, -0.15) is 0 Å². The molecule has 0 aliphatic rings. The van der Waals surface area contributed by atoms with Crippen LogP contribution in [0, 0.1) is 0 Å². The third-order valence-corrected chi connectivity index (χ3v) is 16.5. The van der Waals surface area contributed by atoms with Gasteiger partial charge in [0.15, 0.2) is 6.10 Å². The van der Waals surface area contributed by atoms with E-state index < -0.39 is 26.5 Å². The average Bonchev–Trinajstić information content (AvgIpc) is 2.75. The first-order valence-electron chi connectivity index (χ1n) is 37.9. The van der Waals surface area contributed by atoms with Crippen molar-refractivity contribution in [2.24, 2.45) is 5.73 Å². The molecule has 3 N–H and O–H groups in total. The molecule has 2 unspecified atom stereocenters. The minimum Gasteiger partial charge on any atom is -0.462 e. The van der Waals surface area contributed by atoms with Crippen LogP contribution in [0.25, 0.3) is 0 Å². The molecule has 0 radical (unpaired) electrons. The van der Waals surface area contributed by atoms with Crippen molar-refractivity contribution in [2.45, 2.75) is 302 Å². The molecule has 0 aromatic carbocycles. The van der Waals surface area contributed by atoms with Gasteiger partial charge in [-0.1, -0.05) is 337 Å². The molecule has 0 spiro atoms. The highest BCUT2D eigenvalue weighted by Gasteiger charge is 2.26. The molecule has 536 valence electrons. The summed E-state index contributed by atoms with van der Waals surface area (Å²) in [6, 6.07) is 0. The second-order valence-corrected chi connectivity index (χ2v) is 25.9. The lowest BCUT2D eigenvalue weighted by Gasteiger charge is -2.19. The molecule has 0 fully saturated rings. The lowest BCUT2D eigenvalue weighted by molar-refractivity contribution is -0.161. The number of phosphoric acid groups is 1. The van der Waals surface area contributed by atoms with Gasteiger partial charge in [-0.3, -0.25) is 18.6 Å². The van der Waals surface area contributed by atoms with E-state index in [4.69, 9.17) is 24.3 Å². The van der Waals surface area contributed by atoms with Crippen LogP contribution in [0.2, 0.25) is 0 Å². The fourth-order valence-electron chi connectivity index (χ4n) is 9.96. The van der Waals surface area contributed by atoms with Crippen molar-refractivity contribution >= 4 is 19.8 Å². The molecule has 0 saturated heterocycles. The van der Waals surface area contributed by atoms with Crippen LogP contribution >= 0.6 is 7.82 Å². The van der Waals surface area contributed by atoms with E-state index in [0.717, 1.165) is 148 Å². The number of carbonyl (C=O) groups is 2. The van der Waals surface area contributed by atoms with Crippen LogP contribution in [0.15, 0.2) is 194 Å². The fourth-order valence-corrected chi connectivity index (χ4v) is 10.7. The first-order valence-corrected chi connectivity index (χ1v) is 39.4. The Morgan fingerprint density at radius 2 is 0.547 bits per heavy atom. The lowest BCUT2D eigenvalue weighted by Crippen LogP contribution is -2.29. The second-order valence-electron chi connectivity index (χ2n) is 24.4. The normalized spacial score (nSPS) is 14.0. The maximum absolute atomic E-state index is 12.8. The third kappa shape index (κ3) is 77.7. The van der Waals surface area contributed by atoms with E-state index >= 15 is 0 Å². The molecule has 10 heteroatoms. The molecular weight excluding hydrogens is 1190 g/mol. The standard InChI is InChI=1S/C85H138NO8P/c1-3-5-7-9-11-13-15-17-19-21-23-25-27-29-31-33-35-37-38-39-40-41-42-43-44-46-48-50-52-54-56-58-60-62-64-66-68-70-72-74-76-78-85(88)94-83(82-93-95(89,90)92-80-79-86)81-91-84(87)77-75-73-71-69-67-65-63-61-59-57-55-53-51-49-47-45-36-34-32-30-28-26-24-22-20-18-16-14-12-10-8-6-4-2/h5-8,11-14,17-20,23-26,29-32,35-37,39-40,42-43,45-46,48,52,54,83H,3-4,9-10,15-16,21-22,27-28,33-34,38,41,44,47,49-51,53,55-82,86H2,1-2H3,(H,89,90)/b7-5-,8-6-,13-11-,14-12-,19-17-,20-18-,25-23-,26-24-,31-29-,32-30-,37-35-,40-39-,43-42-,45-36-,48-46-,54-52-. The zero-order chi connectivity index (χ0) is 68.6. The summed E-state index contributed by atoms with van der Waals surface area (Å²) >= 11 is 0. The predicted molar refractivity (Wildman–Crippen MR) is 412 cm³/mol. The van der Waals surface area contributed by atoms with Gasteiger partial charge in [-0.25, -0.2) is 4.57 Å². The van der Waals surface area contributed by atoms with Crippen molar-refractivity contribution in [3.8, 4) is 0 Å². The molecule has 0 bridgehead atoms. The minimum atomic E-state index is -4.41. The SMILES string of the molecule is CC/C=C\C/C=C\C/C=C\C/C=C\C/C=C\C/C=C\C/C=C\C/C=C\C/C=C\C/C=C\CCCCCCCCCCCCC(=O)OC(COC(=O)CCCCCCCCCCCCCCCC/C=C\C/C=C\C/C=C\C/C=C\C/C=C\C/C=C\CC)COP(=O)(O)OCCN. The minimum absolute atomic E-state index is 0.0445. The van der Waals surface area contributed by atoms with Crippen LogP contribution in [-0.2, 0) is 32.7 Å². The number of carbonyl (C=O) groups excluding carboxylic acids is 2. The summed E-state index contributed by atoms with van der Waals surface area (Å²) < 4.78 is 33.2. The predicted octanol–water partition coefficient (Wildman–Crippen LogP) is 25.6. The van der Waals surface area contributed by atoms with Gasteiger partial charge in [0.05, 0.1) is 13.2 Å². The molecule has 0 rings (SSSR count). The molecule has 0 aromatic heterocycles. The number of hydrogen-bond acceptors (Lipinski definition) is 8. The summed E-state index contributed by atoms with van der Waals surface area (Å²) in [5.41, 5.74) is 5.41. The van der Waals surface area contributed by atoms with Gasteiger partial charge < -0.3 is 20.1 Å². The number of ether oxygens (including phenoxy) is 2. The fraction of sp³-hybridized carbons (Fsp3) is 0.600. The molecular formula is C85H138NO8P. The Morgan fingerprint density at radius 3 is 0.811 bits per heavy atom. The van der Waals surface area contributed by atoms with Crippen LogP contribution in [0.3, 0.4) is 0 Å². The van der Waals surface area contributed by atoms with Gasteiger partial charge >= 0.3 is 19.8 Å². The van der Waals surface area contributed by atoms with Crippen LogP contribution in [0.1, 0.15) is 296 Å². The van der Waals surface area contributed by atoms with E-state index in [2.05, 4.69) is 208 Å². The molecule has 0 heterocycles. The Kier molecular flexibility index (Phi) is 73.6. The number of hydrogen-bond donors (Lipinski definition) is 2. The molecule has 0 aliphatic heterocycles. The van der Waals surface area contributed by atoms with E-state index in [9.17, 15) is 19.0 Å². The van der Waals surface area contributed by atoms with Crippen LogP contribution in [0.4, 0.5) is 0 Å². The first-order chi connectivity index (χ1) is 46.8. The summed E-state index contributed by atoms with van der Waals surface area (Å²) in [6.07, 6.45) is 118. The zero-order valence-corrected chi connectivity index (χ0v) is 61.2. The maximum Gasteiger partial charge on any atom is 0.472 e. The van der Waals surface area contributed by atoms with Gasteiger partial charge in [-0.15, -0.1) is 0 Å². The molecule has 0 aliphatic carbocycles. The Balaban J connectivity index is 3.94. The zero-order valence-electron chi connectivity index (χ0n) is 60.3. The van der Waals surface area contributed by atoms with Crippen molar-refractivity contribution < 1.29 is 37.6 Å². The van der Waals surface area contributed by atoms with E-state index in [1.807, 2.05) is 0 Å². The molecule has 0 amide bonds. The molecule has 2 atom stereocenters. The Labute approximate surface area is 583 Å². The highest BCUT2D eigenvalue weighted by atomic mass is 31.2. The quantitative estimate of drug-likeness (QED) is 0.0264. The topological polar surface area (TPSA) is 134 Å². The van der Waals surface area contributed by atoms with Gasteiger partial charge in [-0.05, 0) is 141 Å². The number of allylic oxidation sites excluding steroid dienone is 32. The summed E-state index contributed by atoms with van der Waals surface area (Å²) in [6.45, 7) is 3.51. The van der Waals surface area contributed by atoms with E-state index in [1.165, 1.54) is 116 Å². The largest absolute Gasteiger partial charge is 0.472 e. The number of unbranched alkanes of at least 4 members (excludes halogenated alkanes) is 24. The molecule has 9 nitrogen and oxygen atoms in total. The second kappa shape index (κ2) is 77.9. The Morgan fingerprint density at radius 1 is 0.316 bits per heavy atom. The van der Waals surface area contributed by atoms with Crippen molar-refractivity contribution in [1.29, 1.82) is 0 Å². The molecule has 0 saturated carbocycles. The Hall–Kier alpha value is -5.15. The summed E-state index contributed by atoms with van der Waals surface area (Å²) in [4.78, 5) is 35.4. The van der Waals surface area contributed by atoms with Gasteiger partial charge in [0, 0.05) is 19.4 Å². The van der Waals surface area contributed by atoms with E-state index in [1.54, 1.807) is 0 Å². The van der Waals surface area contributed by atoms with Crippen LogP contribution in [0.5, 0.6) is 0 Å². The average molecular weight is 1330 g/mol. The summed E-state index contributed by atoms with van der Waals surface area (Å²) in [5.74, 6) is -0.839. The molecule has 0 aromatic rings. The maximum atomic E-state index is 12.8. The first kappa shape index (κ1) is 89.8. The van der Waals surface area contributed by atoms with Crippen molar-refractivity contribution in [3.63, 3.8) is 0 Å². The van der Waals surface area contributed by atoms with Gasteiger partial charge in [0.2, 0.25) is 0 Å². The third-order valence-electron chi connectivity index (χ3n) is 15.5. The lowest BCUT2D eigenvalue weighted by atomic mass is 10.0. The highest BCUT2D eigenvalue weighted by molar-refractivity contribution is 7.47. The highest BCUT2D eigenvalue weighted by Crippen LogP contribution is 2.43. The van der Waals surface area contributed by atoms with Gasteiger partial charge in [0.25, 0.3) is 0 Å². The number of rotatable bonds is 69. The summed E-state index contributed by atoms with van der Waals surface area (Å²) in [5, 5.41) is 0. The molecule has 95 heavy (non-hydrogen) atoms. The van der Waals surface area contributed by atoms with Crippen molar-refractivity contribution in [3.05, 3.63) is 194 Å². The van der Waals surface area contributed by atoms with E-state index in [-0.39, 0.29) is 38.6 Å². The van der Waals surface area contributed by atoms with E-state index in [0.29, 0.717) is 6.42 Å². The van der Waals surface area contributed by atoms with Crippen LogP contribution in [-0.4, -0.2) is 49.3 Å². The monoisotopic (exact) mass is 1330 g/mol. The smallest absolute Gasteiger partial charge is 0.462 e. The number of esters is 2. The number of phosphoric ester groups is 1. The Bertz CT molecular complexity index is 2270. The van der Waals surface area contributed by atoms with Crippen molar-refractivity contribution in [2.75, 3.05) is 26.4 Å². The van der Waals surface area contributed by atoms with Crippen LogP contribution < -0.4 is 5.73 Å². The summed E-state index contributed by atoms with van der Waals surface area (Å²) in [7, 11) is -4.41.